The minimum absolute atomic E-state index is 0.110. The first-order chi connectivity index (χ1) is 16.2. The molecule has 0 spiro atoms. The van der Waals surface area contributed by atoms with E-state index in [2.05, 4.69) is 5.32 Å². The van der Waals surface area contributed by atoms with Gasteiger partial charge in [-0.15, -0.1) is 0 Å². The van der Waals surface area contributed by atoms with Crippen LogP contribution >= 0.6 is 0 Å². The van der Waals surface area contributed by atoms with Gasteiger partial charge in [0.15, 0.2) is 0 Å². The van der Waals surface area contributed by atoms with Crippen LogP contribution in [0.15, 0.2) is 77.7 Å². The smallest absolute Gasteiger partial charge is 0.264 e. The lowest BCUT2D eigenvalue weighted by Gasteiger charge is -2.26. The third kappa shape index (κ3) is 6.14. The number of hydrogen-bond acceptors (Lipinski definition) is 4. The predicted molar refractivity (Wildman–Crippen MR) is 131 cm³/mol. The highest BCUT2D eigenvalue weighted by atomic mass is 32.2. The van der Waals surface area contributed by atoms with Crippen LogP contribution in [0.4, 0.5) is 10.1 Å². The van der Waals surface area contributed by atoms with Crippen LogP contribution in [-0.2, 0) is 14.8 Å². The minimum Gasteiger partial charge on any atom is -0.494 e. The van der Waals surface area contributed by atoms with Crippen LogP contribution in [0.5, 0.6) is 5.75 Å². The molecule has 1 unspecified atom stereocenters. The molecule has 1 atom stereocenters. The quantitative estimate of drug-likeness (QED) is 0.440. The Labute approximate surface area is 200 Å². The first kappa shape index (κ1) is 25.2. The van der Waals surface area contributed by atoms with Gasteiger partial charge in [-0.25, -0.2) is 12.8 Å². The lowest BCUT2D eigenvalue weighted by molar-refractivity contribution is -0.120. The van der Waals surface area contributed by atoms with Gasteiger partial charge in [0.1, 0.15) is 18.1 Å². The Balaban J connectivity index is 1.90. The SMILES string of the molecule is CCOc1ccc(N(CC(=O)NC(CC)c2ccc(C)cc2)S(=O)(=O)c2ccc(F)cc2)cc1. The van der Waals surface area contributed by atoms with Crippen molar-refractivity contribution in [3.8, 4) is 5.75 Å². The fourth-order valence-electron chi connectivity index (χ4n) is 3.51. The lowest BCUT2D eigenvalue weighted by atomic mass is 10.0. The van der Waals surface area contributed by atoms with Crippen molar-refractivity contribution in [3.63, 3.8) is 0 Å². The van der Waals surface area contributed by atoms with Crippen molar-refractivity contribution < 1.29 is 22.3 Å². The van der Waals surface area contributed by atoms with Crippen LogP contribution < -0.4 is 14.4 Å². The van der Waals surface area contributed by atoms with E-state index in [9.17, 15) is 17.6 Å². The zero-order chi connectivity index (χ0) is 24.7. The number of sulfonamides is 1. The number of nitrogens with one attached hydrogen (secondary N) is 1. The normalized spacial score (nSPS) is 12.1. The van der Waals surface area contributed by atoms with E-state index >= 15 is 0 Å². The molecule has 0 saturated heterocycles. The molecule has 0 bridgehead atoms. The first-order valence-corrected chi connectivity index (χ1v) is 12.6. The van der Waals surface area contributed by atoms with Gasteiger partial charge in [0.25, 0.3) is 10.0 Å². The number of anilines is 1. The number of halogens is 1. The Morgan fingerprint density at radius 2 is 1.59 bits per heavy atom. The summed E-state index contributed by atoms with van der Waals surface area (Å²) in [6, 6.07) is 18.5. The molecule has 3 aromatic carbocycles. The fraction of sp³-hybridized carbons (Fsp3) is 0.269. The number of carbonyl (C=O) groups is 1. The molecular weight excluding hydrogens is 455 g/mol. The zero-order valence-corrected chi connectivity index (χ0v) is 20.3. The summed E-state index contributed by atoms with van der Waals surface area (Å²) < 4.78 is 46.8. The van der Waals surface area contributed by atoms with E-state index < -0.39 is 28.3 Å². The fourth-order valence-corrected chi connectivity index (χ4v) is 4.94. The maximum atomic E-state index is 13.4. The molecule has 0 fully saturated rings. The summed E-state index contributed by atoms with van der Waals surface area (Å²) in [5.41, 5.74) is 2.35. The van der Waals surface area contributed by atoms with Crippen LogP contribution in [-0.4, -0.2) is 27.5 Å². The Kier molecular flexibility index (Phi) is 8.28. The second-order valence-corrected chi connectivity index (χ2v) is 9.69. The number of benzene rings is 3. The zero-order valence-electron chi connectivity index (χ0n) is 19.5. The van der Waals surface area contributed by atoms with Gasteiger partial charge in [0, 0.05) is 0 Å². The van der Waals surface area contributed by atoms with E-state index in [0.717, 1.165) is 27.6 Å². The van der Waals surface area contributed by atoms with Crippen LogP contribution in [0, 0.1) is 12.7 Å². The van der Waals surface area contributed by atoms with Crippen molar-refractivity contribution in [2.75, 3.05) is 17.5 Å². The molecule has 3 rings (SSSR count). The van der Waals surface area contributed by atoms with E-state index in [4.69, 9.17) is 4.74 Å². The summed E-state index contributed by atoms with van der Waals surface area (Å²) in [4.78, 5) is 12.9. The Bertz CT molecular complexity index is 1200. The van der Waals surface area contributed by atoms with Crippen molar-refractivity contribution in [3.05, 3.63) is 89.7 Å². The van der Waals surface area contributed by atoms with Gasteiger partial charge in [-0.05, 0) is 74.4 Å². The Morgan fingerprint density at radius 1 is 0.971 bits per heavy atom. The second kappa shape index (κ2) is 11.2. The van der Waals surface area contributed by atoms with Crippen LogP contribution in [0.1, 0.15) is 37.4 Å². The number of ether oxygens (including phenoxy) is 1. The molecule has 180 valence electrons. The van der Waals surface area contributed by atoms with Crippen LogP contribution in [0.2, 0.25) is 0 Å². The van der Waals surface area contributed by atoms with Gasteiger partial charge in [-0.1, -0.05) is 36.8 Å². The van der Waals surface area contributed by atoms with Gasteiger partial charge in [0.2, 0.25) is 5.91 Å². The molecule has 0 aromatic heterocycles. The molecule has 34 heavy (non-hydrogen) atoms. The second-order valence-electron chi connectivity index (χ2n) is 7.83. The first-order valence-electron chi connectivity index (χ1n) is 11.1. The molecule has 8 heteroatoms. The number of hydrogen-bond donors (Lipinski definition) is 1. The Morgan fingerprint density at radius 3 is 2.15 bits per heavy atom. The van der Waals surface area contributed by atoms with Gasteiger partial charge >= 0.3 is 0 Å². The van der Waals surface area contributed by atoms with Gasteiger partial charge in [0.05, 0.1) is 23.2 Å². The summed E-state index contributed by atoms with van der Waals surface area (Å²) in [7, 11) is -4.14. The van der Waals surface area contributed by atoms with E-state index in [0.29, 0.717) is 24.5 Å². The molecule has 0 saturated carbocycles. The number of aryl methyl sites for hydroxylation is 1. The summed E-state index contributed by atoms with van der Waals surface area (Å²) in [5, 5.41) is 2.94. The van der Waals surface area contributed by atoms with Crippen molar-refractivity contribution in [1.82, 2.24) is 5.32 Å². The van der Waals surface area contributed by atoms with E-state index in [1.807, 2.05) is 45.0 Å². The van der Waals surface area contributed by atoms with Crippen LogP contribution in [0.3, 0.4) is 0 Å². The van der Waals surface area contributed by atoms with E-state index in [1.165, 1.54) is 12.1 Å². The van der Waals surface area contributed by atoms with Crippen molar-refractivity contribution >= 4 is 21.6 Å². The number of rotatable bonds is 10. The van der Waals surface area contributed by atoms with Crippen molar-refractivity contribution in [1.29, 1.82) is 0 Å². The summed E-state index contributed by atoms with van der Waals surface area (Å²) in [6.07, 6.45) is 0.641. The number of carbonyl (C=O) groups excluding carboxylic acids is 1. The van der Waals surface area contributed by atoms with E-state index in [1.54, 1.807) is 24.3 Å². The highest BCUT2D eigenvalue weighted by Crippen LogP contribution is 2.26. The predicted octanol–water partition coefficient (Wildman–Crippen LogP) is 5.00. The molecular formula is C26H29FN2O4S. The highest BCUT2D eigenvalue weighted by molar-refractivity contribution is 7.92. The van der Waals surface area contributed by atoms with Gasteiger partial charge in [-0.2, -0.15) is 0 Å². The van der Waals surface area contributed by atoms with Gasteiger partial charge < -0.3 is 10.1 Å². The van der Waals surface area contributed by atoms with Crippen LogP contribution in [0.25, 0.3) is 0 Å². The maximum absolute atomic E-state index is 13.4. The third-order valence-corrected chi connectivity index (χ3v) is 7.14. The van der Waals surface area contributed by atoms with Crippen molar-refractivity contribution in [2.24, 2.45) is 0 Å². The molecule has 1 N–H and O–H groups in total. The molecule has 3 aromatic rings. The van der Waals surface area contributed by atoms with Gasteiger partial charge in [-0.3, -0.25) is 9.10 Å². The molecule has 0 heterocycles. The summed E-state index contributed by atoms with van der Waals surface area (Å²) in [6.45, 7) is 5.82. The average Bonchev–Trinajstić information content (AvgIpc) is 2.83. The maximum Gasteiger partial charge on any atom is 0.264 e. The third-order valence-electron chi connectivity index (χ3n) is 5.35. The number of amides is 1. The molecule has 0 aliphatic rings. The number of nitrogens with zero attached hydrogens (tertiary/aromatic N) is 1. The largest absolute Gasteiger partial charge is 0.494 e. The summed E-state index contributed by atoms with van der Waals surface area (Å²) >= 11 is 0. The monoisotopic (exact) mass is 484 g/mol. The standard InChI is InChI=1S/C26H29FN2O4S/c1-4-25(20-8-6-19(3)7-9-20)28-26(30)18-29(22-12-14-23(15-13-22)33-5-2)34(31,32)24-16-10-21(27)11-17-24/h6-17,25H,4-5,18H2,1-3H3,(H,28,30). The molecule has 0 aliphatic heterocycles. The molecule has 6 nitrogen and oxygen atoms in total. The van der Waals surface area contributed by atoms with E-state index in [-0.39, 0.29) is 10.9 Å². The molecule has 0 aliphatic carbocycles. The van der Waals surface area contributed by atoms with Crippen molar-refractivity contribution in [2.45, 2.75) is 38.1 Å². The lowest BCUT2D eigenvalue weighted by Crippen LogP contribution is -2.42. The highest BCUT2D eigenvalue weighted by Gasteiger charge is 2.28. The molecule has 0 radical (unpaired) electrons. The Hall–Kier alpha value is -3.39. The minimum atomic E-state index is -4.14. The summed E-state index contributed by atoms with van der Waals surface area (Å²) in [5.74, 6) is -0.416. The topological polar surface area (TPSA) is 75.7 Å². The molecule has 1 amide bonds. The average molecular weight is 485 g/mol.